The summed E-state index contributed by atoms with van der Waals surface area (Å²) in [6.07, 6.45) is 1.66. The Morgan fingerprint density at radius 1 is 1.00 bits per heavy atom. The lowest BCUT2D eigenvalue weighted by atomic mass is 10.2. The summed E-state index contributed by atoms with van der Waals surface area (Å²) in [5, 5.41) is 14.1. The maximum atomic E-state index is 12.9. The summed E-state index contributed by atoms with van der Waals surface area (Å²) >= 11 is 6.19. The van der Waals surface area contributed by atoms with Crippen molar-refractivity contribution in [1.82, 2.24) is 19.0 Å². The number of aromatic nitrogens is 2. The molecule has 1 fully saturated rings. The number of amides is 1. The van der Waals surface area contributed by atoms with Gasteiger partial charge in [0.05, 0.1) is 21.2 Å². The molecule has 0 unspecified atom stereocenters. The summed E-state index contributed by atoms with van der Waals surface area (Å²) in [6, 6.07) is 16.8. The normalized spacial score (nSPS) is 14.9. The zero-order valence-corrected chi connectivity index (χ0v) is 17.9. The van der Waals surface area contributed by atoms with Crippen LogP contribution in [0.4, 0.5) is 0 Å². The van der Waals surface area contributed by atoms with Crippen LogP contribution in [0.25, 0.3) is 5.69 Å². The number of piperazine rings is 1. The van der Waals surface area contributed by atoms with Crippen LogP contribution in [0, 0.1) is 11.3 Å². The van der Waals surface area contributed by atoms with Crippen molar-refractivity contribution in [2.75, 3.05) is 26.2 Å². The van der Waals surface area contributed by atoms with E-state index < -0.39 is 10.0 Å². The fourth-order valence-electron chi connectivity index (χ4n) is 3.43. The van der Waals surface area contributed by atoms with E-state index >= 15 is 0 Å². The van der Waals surface area contributed by atoms with Gasteiger partial charge in [0.25, 0.3) is 5.91 Å². The van der Waals surface area contributed by atoms with Crippen LogP contribution in [0.1, 0.15) is 16.1 Å². The molecule has 0 radical (unpaired) electrons. The highest BCUT2D eigenvalue weighted by Gasteiger charge is 2.32. The molecule has 2 aromatic carbocycles. The highest BCUT2D eigenvalue weighted by atomic mass is 35.5. The van der Waals surface area contributed by atoms with Gasteiger partial charge in [-0.1, -0.05) is 35.9 Å². The molecule has 0 atom stereocenters. The first-order chi connectivity index (χ1) is 14.9. The molecular weight excluding hydrogens is 438 g/mol. The van der Waals surface area contributed by atoms with Crippen LogP contribution in [0.3, 0.4) is 0 Å². The third kappa shape index (κ3) is 4.05. The largest absolute Gasteiger partial charge is 0.335 e. The van der Waals surface area contributed by atoms with Crippen molar-refractivity contribution >= 4 is 27.5 Å². The maximum absolute atomic E-state index is 12.9. The number of sulfonamides is 1. The first-order valence-corrected chi connectivity index (χ1v) is 11.3. The number of carbonyl (C=O) groups is 1. The molecule has 1 aliphatic heterocycles. The van der Waals surface area contributed by atoms with Gasteiger partial charge in [0, 0.05) is 32.4 Å². The molecule has 3 aromatic rings. The van der Waals surface area contributed by atoms with Crippen molar-refractivity contribution in [2.45, 2.75) is 4.90 Å². The zero-order chi connectivity index (χ0) is 22.0. The van der Waals surface area contributed by atoms with Gasteiger partial charge in [-0.2, -0.15) is 14.7 Å². The molecule has 0 bridgehead atoms. The monoisotopic (exact) mass is 455 g/mol. The van der Waals surface area contributed by atoms with E-state index in [1.165, 1.54) is 21.1 Å². The Kier molecular flexibility index (Phi) is 5.78. The molecule has 1 aliphatic rings. The summed E-state index contributed by atoms with van der Waals surface area (Å²) in [6.45, 7) is 0.732. The van der Waals surface area contributed by atoms with E-state index in [-0.39, 0.29) is 48.2 Å². The van der Waals surface area contributed by atoms with Gasteiger partial charge >= 0.3 is 0 Å². The molecule has 1 aromatic heterocycles. The Balaban J connectivity index is 1.46. The van der Waals surface area contributed by atoms with Crippen LogP contribution in [0.15, 0.2) is 65.7 Å². The highest BCUT2D eigenvalue weighted by Crippen LogP contribution is 2.22. The molecule has 0 saturated carbocycles. The number of hydrogen-bond donors (Lipinski definition) is 0. The number of nitriles is 1. The average molecular weight is 456 g/mol. The molecular formula is C21H18ClN5O3S. The standard InChI is InChI=1S/C21H18ClN5O3S/c22-17-6-2-3-7-19(17)27-10-9-18(24-27)21(28)25-11-13-26(14-12-25)31(29,30)20-8-4-1-5-16(20)15-23/h1-10H,11-14H2. The second-order valence-electron chi connectivity index (χ2n) is 6.90. The minimum absolute atomic E-state index is 0.0178. The highest BCUT2D eigenvalue weighted by molar-refractivity contribution is 7.89. The van der Waals surface area contributed by atoms with Gasteiger partial charge in [0.1, 0.15) is 6.07 Å². The minimum Gasteiger partial charge on any atom is -0.335 e. The number of para-hydroxylation sites is 1. The molecule has 10 heteroatoms. The predicted octanol–water partition coefficient (Wildman–Crippen LogP) is 2.54. The number of halogens is 1. The zero-order valence-electron chi connectivity index (χ0n) is 16.3. The van der Waals surface area contributed by atoms with Gasteiger partial charge in [-0.3, -0.25) is 4.79 Å². The molecule has 0 spiro atoms. The van der Waals surface area contributed by atoms with Crippen molar-refractivity contribution in [1.29, 1.82) is 5.26 Å². The van der Waals surface area contributed by atoms with E-state index in [4.69, 9.17) is 11.6 Å². The number of carbonyl (C=O) groups excluding carboxylic acids is 1. The molecule has 2 heterocycles. The minimum atomic E-state index is -3.82. The molecule has 0 N–H and O–H groups in total. The Morgan fingerprint density at radius 3 is 2.39 bits per heavy atom. The summed E-state index contributed by atoms with van der Waals surface area (Å²) < 4.78 is 28.7. The Bertz CT molecular complexity index is 1270. The molecule has 0 aliphatic carbocycles. The van der Waals surface area contributed by atoms with Gasteiger partial charge in [0.15, 0.2) is 5.69 Å². The van der Waals surface area contributed by atoms with E-state index in [2.05, 4.69) is 5.10 Å². The average Bonchev–Trinajstić information content (AvgIpc) is 3.29. The lowest BCUT2D eigenvalue weighted by Gasteiger charge is -2.33. The van der Waals surface area contributed by atoms with Crippen LogP contribution in [0.2, 0.25) is 5.02 Å². The fourth-order valence-corrected chi connectivity index (χ4v) is 5.21. The number of benzene rings is 2. The van der Waals surface area contributed by atoms with Crippen molar-refractivity contribution in [2.24, 2.45) is 0 Å². The molecule has 31 heavy (non-hydrogen) atoms. The predicted molar refractivity (Wildman–Crippen MR) is 114 cm³/mol. The van der Waals surface area contributed by atoms with Crippen LogP contribution in [0.5, 0.6) is 0 Å². The van der Waals surface area contributed by atoms with Crippen molar-refractivity contribution in [3.05, 3.63) is 77.1 Å². The summed E-state index contributed by atoms with van der Waals surface area (Å²) in [4.78, 5) is 14.4. The molecule has 158 valence electrons. The van der Waals surface area contributed by atoms with E-state index in [1.54, 1.807) is 41.4 Å². The maximum Gasteiger partial charge on any atom is 0.274 e. The van der Waals surface area contributed by atoms with E-state index in [0.29, 0.717) is 10.7 Å². The van der Waals surface area contributed by atoms with Crippen LogP contribution < -0.4 is 0 Å². The lowest BCUT2D eigenvalue weighted by Crippen LogP contribution is -2.50. The van der Waals surface area contributed by atoms with Gasteiger partial charge in [-0.25, -0.2) is 13.1 Å². The van der Waals surface area contributed by atoms with Crippen molar-refractivity contribution < 1.29 is 13.2 Å². The third-order valence-corrected chi connectivity index (χ3v) is 7.34. The van der Waals surface area contributed by atoms with Crippen LogP contribution >= 0.6 is 11.6 Å². The summed E-state index contributed by atoms with van der Waals surface area (Å²) in [5.74, 6) is -0.278. The summed E-state index contributed by atoms with van der Waals surface area (Å²) in [7, 11) is -3.82. The van der Waals surface area contributed by atoms with E-state index in [1.807, 2.05) is 18.2 Å². The van der Waals surface area contributed by atoms with Crippen molar-refractivity contribution in [3.8, 4) is 11.8 Å². The third-order valence-electron chi connectivity index (χ3n) is 5.06. The van der Waals surface area contributed by atoms with Gasteiger partial charge in [0.2, 0.25) is 10.0 Å². The number of rotatable bonds is 4. The molecule has 8 nitrogen and oxygen atoms in total. The van der Waals surface area contributed by atoms with E-state index in [9.17, 15) is 18.5 Å². The number of hydrogen-bond acceptors (Lipinski definition) is 5. The second-order valence-corrected chi connectivity index (χ2v) is 9.21. The second kappa shape index (κ2) is 8.51. The Morgan fingerprint density at radius 2 is 1.68 bits per heavy atom. The van der Waals surface area contributed by atoms with Gasteiger partial charge < -0.3 is 4.90 Å². The van der Waals surface area contributed by atoms with Crippen LogP contribution in [-0.2, 0) is 10.0 Å². The number of nitrogens with zero attached hydrogens (tertiary/aromatic N) is 5. The Hall–Kier alpha value is -3.19. The summed E-state index contributed by atoms with van der Waals surface area (Å²) in [5.41, 5.74) is 1.02. The fraction of sp³-hybridized carbons (Fsp3) is 0.190. The molecule has 1 amide bonds. The molecule has 4 rings (SSSR count). The smallest absolute Gasteiger partial charge is 0.274 e. The molecule has 1 saturated heterocycles. The topological polar surface area (TPSA) is 99.3 Å². The van der Waals surface area contributed by atoms with Gasteiger partial charge in [-0.05, 0) is 30.3 Å². The van der Waals surface area contributed by atoms with E-state index in [0.717, 1.165) is 0 Å². The first kappa shape index (κ1) is 21.1. The Labute approximate surface area is 184 Å². The van der Waals surface area contributed by atoms with Crippen molar-refractivity contribution in [3.63, 3.8) is 0 Å². The quantitative estimate of drug-likeness (QED) is 0.602. The lowest BCUT2D eigenvalue weighted by molar-refractivity contribution is 0.0691. The van der Waals surface area contributed by atoms with Gasteiger partial charge in [-0.15, -0.1) is 0 Å². The SMILES string of the molecule is N#Cc1ccccc1S(=O)(=O)N1CCN(C(=O)c2ccn(-c3ccccc3Cl)n2)CC1. The first-order valence-electron chi connectivity index (χ1n) is 9.51. The van der Waals surface area contributed by atoms with Crippen LogP contribution in [-0.4, -0.2) is 59.5 Å².